The number of amides is 1. The molecule has 5 heteroatoms. The lowest BCUT2D eigenvalue weighted by Gasteiger charge is -2.21. The minimum atomic E-state index is 0.00961. The molecule has 2 heterocycles. The molecule has 1 N–H and O–H groups in total. The lowest BCUT2D eigenvalue weighted by atomic mass is 10.0. The van der Waals surface area contributed by atoms with Gasteiger partial charge < -0.3 is 5.32 Å². The molecule has 122 valence electrons. The minimum Gasteiger partial charge on any atom is -0.344 e. The summed E-state index contributed by atoms with van der Waals surface area (Å²) in [7, 11) is 0. The van der Waals surface area contributed by atoms with Crippen LogP contribution in [-0.4, -0.2) is 17.4 Å². The van der Waals surface area contributed by atoms with Crippen molar-refractivity contribution >= 4 is 40.8 Å². The Morgan fingerprint density at radius 1 is 1.13 bits per heavy atom. The molecule has 1 fully saturated rings. The van der Waals surface area contributed by atoms with E-state index in [1.807, 2.05) is 41.7 Å². The van der Waals surface area contributed by atoms with Crippen molar-refractivity contribution in [1.82, 2.24) is 5.32 Å². The van der Waals surface area contributed by atoms with Gasteiger partial charge in [0.2, 0.25) is 0 Å². The maximum Gasteiger partial charge on any atom is 0.251 e. The van der Waals surface area contributed by atoms with Crippen molar-refractivity contribution in [2.45, 2.75) is 24.5 Å². The van der Waals surface area contributed by atoms with Gasteiger partial charge in [-0.3, -0.25) is 4.79 Å². The van der Waals surface area contributed by atoms with Gasteiger partial charge in [-0.2, -0.15) is 0 Å². The summed E-state index contributed by atoms with van der Waals surface area (Å²) in [5.74, 6) is 2.81. The van der Waals surface area contributed by atoms with E-state index in [9.17, 15) is 4.79 Å². The molecule has 2 nitrogen and oxygen atoms in total. The fourth-order valence-electron chi connectivity index (χ4n) is 2.60. The summed E-state index contributed by atoms with van der Waals surface area (Å²) in [4.78, 5) is 13.8. The van der Waals surface area contributed by atoms with Gasteiger partial charge in [-0.05, 0) is 35.1 Å². The Morgan fingerprint density at radius 2 is 1.83 bits per heavy atom. The van der Waals surface area contributed by atoms with Gasteiger partial charge >= 0.3 is 0 Å². The van der Waals surface area contributed by atoms with E-state index in [0.717, 1.165) is 5.56 Å². The standard InChI is InChI=1S/C18H21NOS3/c1-12(2)16(15-4-3-9-21-15)19-17(20)13-5-7-14(8-6-13)18-22-10-11-23-18/h3-9,12,16,18H,10-11H2,1-2H3,(H,19,20). The number of nitrogens with one attached hydrogen (secondary N) is 1. The van der Waals surface area contributed by atoms with Crippen molar-refractivity contribution in [2.24, 2.45) is 5.92 Å². The van der Waals surface area contributed by atoms with Crippen molar-refractivity contribution in [3.63, 3.8) is 0 Å². The summed E-state index contributed by atoms with van der Waals surface area (Å²) in [5, 5.41) is 5.24. The second-order valence-corrected chi connectivity index (χ2v) is 9.61. The highest BCUT2D eigenvalue weighted by molar-refractivity contribution is 8.19. The van der Waals surface area contributed by atoms with Crippen LogP contribution in [0.2, 0.25) is 0 Å². The monoisotopic (exact) mass is 363 g/mol. The lowest BCUT2D eigenvalue weighted by Crippen LogP contribution is -2.31. The van der Waals surface area contributed by atoms with E-state index in [0.29, 0.717) is 10.5 Å². The number of thioether (sulfide) groups is 2. The maximum atomic E-state index is 12.6. The molecule has 1 amide bonds. The van der Waals surface area contributed by atoms with Gasteiger partial charge in [0, 0.05) is 21.9 Å². The van der Waals surface area contributed by atoms with E-state index in [4.69, 9.17) is 0 Å². The fourth-order valence-corrected chi connectivity index (χ4v) is 6.41. The van der Waals surface area contributed by atoms with Crippen molar-refractivity contribution in [3.8, 4) is 0 Å². The zero-order valence-electron chi connectivity index (χ0n) is 13.3. The van der Waals surface area contributed by atoms with E-state index < -0.39 is 0 Å². The molecule has 2 aromatic rings. The summed E-state index contributed by atoms with van der Waals surface area (Å²) in [6.45, 7) is 4.28. The molecule has 0 radical (unpaired) electrons. The molecule has 23 heavy (non-hydrogen) atoms. The molecule has 1 aliphatic rings. The van der Waals surface area contributed by atoms with Gasteiger partial charge in [0.05, 0.1) is 10.6 Å². The summed E-state index contributed by atoms with van der Waals surface area (Å²) in [5.41, 5.74) is 2.05. The number of carbonyl (C=O) groups is 1. The number of benzene rings is 1. The first-order chi connectivity index (χ1) is 11.1. The molecule has 0 bridgehead atoms. The van der Waals surface area contributed by atoms with Gasteiger partial charge in [0.15, 0.2) is 0 Å². The van der Waals surface area contributed by atoms with E-state index in [-0.39, 0.29) is 11.9 Å². The van der Waals surface area contributed by atoms with E-state index in [1.165, 1.54) is 21.9 Å². The van der Waals surface area contributed by atoms with Crippen LogP contribution in [-0.2, 0) is 0 Å². The van der Waals surface area contributed by atoms with E-state index in [1.54, 1.807) is 11.3 Å². The number of hydrogen-bond acceptors (Lipinski definition) is 4. The highest BCUT2D eigenvalue weighted by Gasteiger charge is 2.21. The first-order valence-corrected chi connectivity index (χ1v) is 10.8. The molecule has 1 aromatic carbocycles. The van der Waals surface area contributed by atoms with Crippen molar-refractivity contribution in [2.75, 3.05) is 11.5 Å². The molecule has 1 unspecified atom stereocenters. The topological polar surface area (TPSA) is 29.1 Å². The zero-order chi connectivity index (χ0) is 16.2. The van der Waals surface area contributed by atoms with Crippen molar-refractivity contribution < 1.29 is 4.79 Å². The first kappa shape index (κ1) is 16.9. The second-order valence-electron chi connectivity index (χ2n) is 5.91. The Kier molecular flexibility index (Phi) is 5.72. The van der Waals surface area contributed by atoms with Gasteiger partial charge in [0.25, 0.3) is 5.91 Å². The Morgan fingerprint density at radius 3 is 2.39 bits per heavy atom. The Hall–Kier alpha value is -0.910. The molecule has 1 saturated heterocycles. The minimum absolute atomic E-state index is 0.00961. The van der Waals surface area contributed by atoms with Crippen LogP contribution in [0.4, 0.5) is 0 Å². The number of carbonyl (C=O) groups excluding carboxylic acids is 1. The highest BCUT2D eigenvalue weighted by Crippen LogP contribution is 2.45. The molecule has 0 spiro atoms. The van der Waals surface area contributed by atoms with Crippen LogP contribution < -0.4 is 5.32 Å². The zero-order valence-corrected chi connectivity index (χ0v) is 15.8. The van der Waals surface area contributed by atoms with Crippen LogP contribution in [0.3, 0.4) is 0 Å². The number of thiophene rings is 1. The third kappa shape index (κ3) is 4.14. The second kappa shape index (κ2) is 7.77. The van der Waals surface area contributed by atoms with Crippen molar-refractivity contribution in [1.29, 1.82) is 0 Å². The van der Waals surface area contributed by atoms with Crippen LogP contribution in [0.25, 0.3) is 0 Å². The third-order valence-corrected chi connectivity index (χ3v) is 7.93. The van der Waals surface area contributed by atoms with Crippen LogP contribution in [0.1, 0.15) is 45.3 Å². The summed E-state index contributed by atoms with van der Waals surface area (Å²) in [6.07, 6.45) is 0. The summed E-state index contributed by atoms with van der Waals surface area (Å²) in [6, 6.07) is 12.3. The fraction of sp³-hybridized carbons (Fsp3) is 0.389. The normalized spacial score (nSPS) is 16.7. The van der Waals surface area contributed by atoms with Crippen LogP contribution in [0.15, 0.2) is 41.8 Å². The highest BCUT2D eigenvalue weighted by atomic mass is 32.2. The summed E-state index contributed by atoms with van der Waals surface area (Å²) >= 11 is 5.67. The number of rotatable bonds is 5. The maximum absolute atomic E-state index is 12.6. The van der Waals surface area contributed by atoms with E-state index in [2.05, 4.69) is 42.7 Å². The molecule has 1 atom stereocenters. The van der Waals surface area contributed by atoms with Crippen LogP contribution >= 0.6 is 34.9 Å². The van der Waals surface area contributed by atoms with Crippen molar-refractivity contribution in [3.05, 3.63) is 57.8 Å². The lowest BCUT2D eigenvalue weighted by molar-refractivity contribution is 0.0926. The van der Waals surface area contributed by atoms with Crippen LogP contribution in [0, 0.1) is 5.92 Å². The number of hydrogen-bond donors (Lipinski definition) is 1. The smallest absolute Gasteiger partial charge is 0.251 e. The summed E-state index contributed by atoms with van der Waals surface area (Å²) < 4.78 is 0.529. The van der Waals surface area contributed by atoms with E-state index >= 15 is 0 Å². The largest absolute Gasteiger partial charge is 0.344 e. The van der Waals surface area contributed by atoms with Gasteiger partial charge in [-0.15, -0.1) is 34.9 Å². The van der Waals surface area contributed by atoms with Gasteiger partial charge in [0.1, 0.15) is 0 Å². The average molecular weight is 364 g/mol. The molecule has 1 aliphatic heterocycles. The molecule has 0 saturated carbocycles. The van der Waals surface area contributed by atoms with Gasteiger partial charge in [-0.1, -0.05) is 32.0 Å². The SMILES string of the molecule is CC(C)C(NC(=O)c1ccc(C2SCCS2)cc1)c1cccs1. The molecule has 0 aliphatic carbocycles. The Balaban J connectivity index is 1.69. The predicted octanol–water partition coefficient (Wildman–Crippen LogP) is 5.35. The molecular weight excluding hydrogens is 342 g/mol. The van der Waals surface area contributed by atoms with Gasteiger partial charge in [-0.25, -0.2) is 0 Å². The average Bonchev–Trinajstić information content (AvgIpc) is 3.25. The third-order valence-electron chi connectivity index (χ3n) is 3.87. The van der Waals surface area contributed by atoms with Crippen LogP contribution in [0.5, 0.6) is 0 Å². The molecular formula is C18H21NOS3. The Bertz CT molecular complexity index is 631. The predicted molar refractivity (Wildman–Crippen MR) is 103 cm³/mol. The first-order valence-electron chi connectivity index (χ1n) is 7.82. The Labute approximate surface area is 150 Å². The molecule has 3 rings (SSSR count). The quantitative estimate of drug-likeness (QED) is 0.776. The molecule has 1 aromatic heterocycles.